The smallest absolute Gasteiger partial charge is 0.237 e. The molecule has 0 spiro atoms. The lowest BCUT2D eigenvalue weighted by Crippen LogP contribution is -2.40. The zero-order valence-electron chi connectivity index (χ0n) is 9.62. The van der Waals surface area contributed by atoms with Gasteiger partial charge in [-0.25, -0.2) is 0 Å². The Hall–Kier alpha value is -1.05. The molecule has 1 amide bonds. The van der Waals surface area contributed by atoms with E-state index in [1.54, 1.807) is 0 Å². The van der Waals surface area contributed by atoms with Crippen molar-refractivity contribution in [3.8, 4) is 12.3 Å². The van der Waals surface area contributed by atoms with Gasteiger partial charge in [0, 0.05) is 0 Å². The topological polar surface area (TPSA) is 58.4 Å². The quantitative estimate of drug-likeness (QED) is 0.453. The summed E-state index contributed by atoms with van der Waals surface area (Å²) in [6, 6.07) is -0.430. The van der Waals surface area contributed by atoms with Crippen LogP contribution in [0.3, 0.4) is 0 Å². The van der Waals surface area contributed by atoms with E-state index in [2.05, 4.69) is 16.1 Å². The molecule has 0 aromatic carbocycles. The molecule has 4 heteroatoms. The van der Waals surface area contributed by atoms with Gasteiger partial charge >= 0.3 is 0 Å². The van der Waals surface area contributed by atoms with Crippen molar-refractivity contribution in [2.45, 2.75) is 25.3 Å². The van der Waals surface area contributed by atoms with Gasteiger partial charge in [-0.3, -0.25) is 4.79 Å². The van der Waals surface area contributed by atoms with Crippen LogP contribution in [-0.2, 0) is 4.79 Å². The lowest BCUT2D eigenvalue weighted by Gasteiger charge is -2.12. The molecule has 0 saturated heterocycles. The second kappa shape index (κ2) is 8.27. The first-order valence-electron chi connectivity index (χ1n) is 5.19. The first kappa shape index (κ1) is 13.9. The Morgan fingerprint density at radius 2 is 2.20 bits per heavy atom. The number of nitrogens with one attached hydrogen (secondary N) is 1. The second-order valence-electron chi connectivity index (χ2n) is 3.83. The van der Waals surface area contributed by atoms with Crippen molar-refractivity contribution in [3.63, 3.8) is 0 Å². The van der Waals surface area contributed by atoms with Crippen LogP contribution in [0.2, 0.25) is 0 Å². The maximum absolute atomic E-state index is 11.3. The van der Waals surface area contributed by atoms with Crippen LogP contribution in [0, 0.1) is 12.3 Å². The highest BCUT2D eigenvalue weighted by Gasteiger charge is 2.11. The van der Waals surface area contributed by atoms with Crippen LogP contribution in [0.4, 0.5) is 0 Å². The minimum Gasteiger partial charge on any atom is -0.344 e. The zero-order chi connectivity index (χ0) is 11.7. The standard InChI is InChI=1S/C11H21N3O/c1-4-8-13-11(15)10(12)7-5-6-9-14(2)3/h1,10H,5-9,12H2,2-3H3,(H,13,15)/t10-/m0/s1. The summed E-state index contributed by atoms with van der Waals surface area (Å²) < 4.78 is 0. The molecule has 0 aliphatic rings. The lowest BCUT2D eigenvalue weighted by molar-refractivity contribution is -0.122. The van der Waals surface area contributed by atoms with E-state index >= 15 is 0 Å². The number of nitrogens with zero attached hydrogens (tertiary/aromatic N) is 1. The summed E-state index contributed by atoms with van der Waals surface area (Å²) in [5.41, 5.74) is 5.68. The van der Waals surface area contributed by atoms with Gasteiger partial charge in [-0.15, -0.1) is 6.42 Å². The first-order valence-corrected chi connectivity index (χ1v) is 5.19. The molecule has 0 aliphatic carbocycles. The fraction of sp³-hybridized carbons (Fsp3) is 0.727. The van der Waals surface area contributed by atoms with Crippen LogP contribution in [0.5, 0.6) is 0 Å². The predicted octanol–water partition coefficient (Wildman–Crippen LogP) is -0.205. The van der Waals surface area contributed by atoms with Crippen molar-refractivity contribution < 1.29 is 4.79 Å². The van der Waals surface area contributed by atoms with Crippen LogP contribution >= 0.6 is 0 Å². The Balaban J connectivity index is 3.52. The summed E-state index contributed by atoms with van der Waals surface area (Å²) in [5.74, 6) is 2.19. The van der Waals surface area contributed by atoms with Gasteiger partial charge in [0.2, 0.25) is 5.91 Å². The SMILES string of the molecule is C#CCNC(=O)[C@@H](N)CCCCN(C)C. The minimum absolute atomic E-state index is 0.155. The van der Waals surface area contributed by atoms with Gasteiger partial charge in [-0.05, 0) is 33.5 Å². The summed E-state index contributed by atoms with van der Waals surface area (Å²) in [7, 11) is 4.05. The van der Waals surface area contributed by atoms with Crippen molar-refractivity contribution in [1.82, 2.24) is 10.2 Å². The molecule has 0 saturated carbocycles. The van der Waals surface area contributed by atoms with Gasteiger partial charge < -0.3 is 16.0 Å². The molecule has 0 bridgehead atoms. The molecule has 0 fully saturated rings. The highest BCUT2D eigenvalue weighted by Crippen LogP contribution is 1.99. The number of amides is 1. The molecule has 0 heterocycles. The Kier molecular flexibility index (Phi) is 7.69. The van der Waals surface area contributed by atoms with Crippen LogP contribution in [0.1, 0.15) is 19.3 Å². The normalized spacial score (nSPS) is 12.2. The number of nitrogens with two attached hydrogens (primary N) is 1. The maximum Gasteiger partial charge on any atom is 0.237 e. The Labute approximate surface area is 92.2 Å². The van der Waals surface area contributed by atoms with E-state index in [0.717, 1.165) is 19.4 Å². The number of carbonyl (C=O) groups excluding carboxylic acids is 1. The van der Waals surface area contributed by atoms with Crippen LogP contribution in [-0.4, -0.2) is 44.0 Å². The number of unbranched alkanes of at least 4 members (excludes halogenated alkanes) is 1. The fourth-order valence-corrected chi connectivity index (χ4v) is 1.19. The summed E-state index contributed by atoms with van der Waals surface area (Å²) in [4.78, 5) is 13.4. The van der Waals surface area contributed by atoms with E-state index in [1.165, 1.54) is 0 Å². The third-order valence-electron chi connectivity index (χ3n) is 2.07. The molecule has 4 nitrogen and oxygen atoms in total. The van der Waals surface area contributed by atoms with Crippen LogP contribution in [0.15, 0.2) is 0 Å². The molecule has 0 aliphatic heterocycles. The van der Waals surface area contributed by atoms with Crippen molar-refractivity contribution in [2.75, 3.05) is 27.2 Å². The van der Waals surface area contributed by atoms with Crippen molar-refractivity contribution in [3.05, 3.63) is 0 Å². The van der Waals surface area contributed by atoms with Crippen molar-refractivity contribution >= 4 is 5.91 Å². The first-order chi connectivity index (χ1) is 7.07. The minimum atomic E-state index is -0.430. The van der Waals surface area contributed by atoms with E-state index in [1.807, 2.05) is 14.1 Å². The van der Waals surface area contributed by atoms with Gasteiger partial charge in [0.25, 0.3) is 0 Å². The molecule has 1 atom stereocenters. The van der Waals surface area contributed by atoms with E-state index in [9.17, 15) is 4.79 Å². The summed E-state index contributed by atoms with van der Waals surface area (Å²) in [5, 5.41) is 2.57. The van der Waals surface area contributed by atoms with E-state index in [-0.39, 0.29) is 12.5 Å². The molecule has 0 aromatic heterocycles. The highest BCUT2D eigenvalue weighted by molar-refractivity contribution is 5.81. The zero-order valence-corrected chi connectivity index (χ0v) is 9.62. The molecular weight excluding hydrogens is 190 g/mol. The Bertz CT molecular complexity index is 220. The van der Waals surface area contributed by atoms with Gasteiger partial charge in [0.1, 0.15) is 0 Å². The molecule has 3 N–H and O–H groups in total. The third-order valence-corrected chi connectivity index (χ3v) is 2.07. The molecule has 86 valence electrons. The average Bonchev–Trinajstić information content (AvgIpc) is 2.20. The molecule has 0 unspecified atom stereocenters. The summed E-state index contributed by atoms with van der Waals surface area (Å²) in [6.07, 6.45) is 7.75. The molecular formula is C11H21N3O. The number of hydrogen-bond donors (Lipinski definition) is 2. The van der Waals surface area contributed by atoms with Crippen LogP contribution < -0.4 is 11.1 Å². The van der Waals surface area contributed by atoms with Gasteiger partial charge in [0.05, 0.1) is 12.6 Å². The summed E-state index contributed by atoms with van der Waals surface area (Å²) >= 11 is 0. The van der Waals surface area contributed by atoms with Gasteiger partial charge in [-0.1, -0.05) is 12.3 Å². The summed E-state index contributed by atoms with van der Waals surface area (Å²) in [6.45, 7) is 1.28. The van der Waals surface area contributed by atoms with Gasteiger partial charge in [0.15, 0.2) is 0 Å². The monoisotopic (exact) mass is 211 g/mol. The molecule has 0 rings (SSSR count). The van der Waals surface area contributed by atoms with Crippen LogP contribution in [0.25, 0.3) is 0 Å². The highest BCUT2D eigenvalue weighted by atomic mass is 16.2. The fourth-order valence-electron chi connectivity index (χ4n) is 1.19. The Morgan fingerprint density at radius 1 is 1.53 bits per heavy atom. The molecule has 0 aromatic rings. The lowest BCUT2D eigenvalue weighted by atomic mass is 10.1. The number of hydrogen-bond acceptors (Lipinski definition) is 3. The largest absolute Gasteiger partial charge is 0.344 e. The molecule has 15 heavy (non-hydrogen) atoms. The van der Waals surface area contributed by atoms with E-state index in [4.69, 9.17) is 12.2 Å². The van der Waals surface area contributed by atoms with Crippen molar-refractivity contribution in [1.29, 1.82) is 0 Å². The average molecular weight is 211 g/mol. The maximum atomic E-state index is 11.3. The number of carbonyl (C=O) groups is 1. The van der Waals surface area contributed by atoms with Crippen molar-refractivity contribution in [2.24, 2.45) is 5.73 Å². The number of terminal acetylenes is 1. The van der Waals surface area contributed by atoms with E-state index < -0.39 is 6.04 Å². The molecule has 0 radical (unpaired) electrons. The predicted molar refractivity (Wildman–Crippen MR) is 62.2 cm³/mol. The van der Waals surface area contributed by atoms with E-state index in [0.29, 0.717) is 6.42 Å². The Morgan fingerprint density at radius 3 is 2.73 bits per heavy atom. The second-order valence-corrected chi connectivity index (χ2v) is 3.83. The number of rotatable bonds is 7. The van der Waals surface area contributed by atoms with Gasteiger partial charge in [-0.2, -0.15) is 0 Å². The third kappa shape index (κ3) is 7.98.